The van der Waals surface area contributed by atoms with Crippen molar-refractivity contribution in [1.82, 2.24) is 5.43 Å². The van der Waals surface area contributed by atoms with Crippen molar-refractivity contribution < 1.29 is 4.79 Å². The number of aliphatic imine (C=N–C) groups is 1. The van der Waals surface area contributed by atoms with E-state index in [-0.39, 0.29) is 5.91 Å². The topological polar surface area (TPSA) is 74.0 Å². The van der Waals surface area contributed by atoms with Gasteiger partial charge in [-0.2, -0.15) is 0 Å². The summed E-state index contributed by atoms with van der Waals surface area (Å²) < 4.78 is 0. The third-order valence-corrected chi connectivity index (χ3v) is 8.37. The van der Waals surface area contributed by atoms with Crippen molar-refractivity contribution in [2.24, 2.45) is 10.7 Å². The molecule has 0 saturated carbocycles. The molecule has 0 radical (unpaired) electrons. The minimum absolute atomic E-state index is 0.0201. The van der Waals surface area contributed by atoms with Gasteiger partial charge >= 0.3 is 0 Å². The Labute approximate surface area is 244 Å². The van der Waals surface area contributed by atoms with Crippen molar-refractivity contribution in [1.29, 1.82) is 0 Å². The maximum absolute atomic E-state index is 13.0. The van der Waals surface area contributed by atoms with Gasteiger partial charge in [-0.05, 0) is 75.7 Å². The number of thiophene rings is 1. The molecule has 3 N–H and O–H groups in total. The number of rotatable bonds is 9. The van der Waals surface area contributed by atoms with Gasteiger partial charge in [-0.3, -0.25) is 4.79 Å². The second kappa shape index (κ2) is 12.0. The fourth-order valence-electron chi connectivity index (χ4n) is 5.40. The first kappa shape index (κ1) is 26.7. The van der Waals surface area contributed by atoms with Gasteiger partial charge in [-0.1, -0.05) is 67.6 Å². The molecule has 7 heteroatoms. The summed E-state index contributed by atoms with van der Waals surface area (Å²) in [5, 5.41) is 6.23. The van der Waals surface area contributed by atoms with E-state index in [0.717, 1.165) is 41.3 Å². The van der Waals surface area contributed by atoms with Crippen LogP contribution in [0.1, 0.15) is 34.9 Å². The molecule has 1 aromatic heterocycles. The second-order valence-corrected chi connectivity index (χ2v) is 11.1. The molecule has 0 saturated heterocycles. The van der Waals surface area contributed by atoms with Crippen molar-refractivity contribution in [3.05, 3.63) is 124 Å². The molecule has 1 aliphatic heterocycles. The molecule has 0 bridgehead atoms. The summed E-state index contributed by atoms with van der Waals surface area (Å²) in [5.41, 5.74) is 16.0. The number of anilines is 2. The molecule has 1 amide bonds. The number of carbonyl (C=O) groups excluding carboxylic acids is 1. The number of hydrogen-bond acceptors (Lipinski definition) is 5. The van der Waals surface area contributed by atoms with Gasteiger partial charge in [0.25, 0.3) is 0 Å². The molecule has 0 atom stereocenters. The smallest absolute Gasteiger partial charge is 0.241 e. The Morgan fingerprint density at radius 3 is 2.71 bits per heavy atom. The summed E-state index contributed by atoms with van der Waals surface area (Å²) in [6, 6.07) is 33.3. The van der Waals surface area contributed by atoms with Crippen LogP contribution in [0.15, 0.2) is 107 Å². The minimum atomic E-state index is 0.0201. The molecule has 0 spiro atoms. The van der Waals surface area contributed by atoms with Crippen LogP contribution in [-0.4, -0.2) is 18.3 Å². The van der Waals surface area contributed by atoms with Crippen LogP contribution in [0, 0.1) is 0 Å². The lowest BCUT2D eigenvalue weighted by Crippen LogP contribution is -2.42. The highest BCUT2D eigenvalue weighted by atomic mass is 32.1. The van der Waals surface area contributed by atoms with E-state index >= 15 is 0 Å². The molecule has 6 rings (SSSR count). The number of amides is 1. The Hall–Kier alpha value is -4.46. The summed E-state index contributed by atoms with van der Waals surface area (Å²) >= 11 is 1.57. The van der Waals surface area contributed by atoms with Gasteiger partial charge in [0.2, 0.25) is 5.91 Å². The summed E-state index contributed by atoms with van der Waals surface area (Å²) in [7, 11) is 0. The molecule has 0 unspecified atom stereocenters. The van der Waals surface area contributed by atoms with E-state index in [0.29, 0.717) is 18.8 Å². The van der Waals surface area contributed by atoms with Crippen LogP contribution in [0.2, 0.25) is 0 Å². The number of nitrogens with one attached hydrogen (secondary N) is 1. The number of hydrogen-bond donors (Lipinski definition) is 2. The average Bonchev–Trinajstić information content (AvgIpc) is 3.68. The highest BCUT2D eigenvalue weighted by molar-refractivity contribution is 7.12. The maximum atomic E-state index is 13.0. The van der Waals surface area contributed by atoms with Gasteiger partial charge in [0.15, 0.2) is 0 Å². The van der Waals surface area contributed by atoms with E-state index in [1.807, 2.05) is 54.8 Å². The van der Waals surface area contributed by atoms with Gasteiger partial charge in [-0.15, -0.1) is 11.3 Å². The van der Waals surface area contributed by atoms with E-state index in [4.69, 9.17) is 5.73 Å². The Balaban J connectivity index is 1.18. The third-order valence-electron chi connectivity index (χ3n) is 7.48. The quantitative estimate of drug-likeness (QED) is 0.116. The highest BCUT2D eigenvalue weighted by Gasteiger charge is 2.23. The molecule has 4 aromatic carbocycles. The zero-order chi connectivity index (χ0) is 28.2. The Morgan fingerprint density at radius 1 is 1.00 bits per heavy atom. The SMILES string of the molecule is CCC(=O)N(NCc1cccc(N=C(N)c2cccs2)c1)c1ccc2c(c1)CCN2Cc1cccc2ccccc12. The van der Waals surface area contributed by atoms with Crippen LogP contribution < -0.4 is 21.1 Å². The number of nitrogens with two attached hydrogens (primary N) is 1. The lowest BCUT2D eigenvalue weighted by molar-refractivity contribution is -0.119. The summed E-state index contributed by atoms with van der Waals surface area (Å²) in [6.07, 6.45) is 1.35. The summed E-state index contributed by atoms with van der Waals surface area (Å²) in [5.74, 6) is 0.521. The highest BCUT2D eigenvalue weighted by Crippen LogP contribution is 2.34. The number of amidine groups is 1. The van der Waals surface area contributed by atoms with E-state index in [1.54, 1.807) is 16.3 Å². The molecule has 0 aliphatic carbocycles. The first-order chi connectivity index (χ1) is 20.1. The van der Waals surface area contributed by atoms with Crippen molar-refractivity contribution >= 4 is 50.9 Å². The predicted octanol–water partition coefficient (Wildman–Crippen LogP) is 6.95. The van der Waals surface area contributed by atoms with Crippen LogP contribution in [0.5, 0.6) is 0 Å². The van der Waals surface area contributed by atoms with E-state index in [1.165, 1.54) is 27.6 Å². The number of fused-ring (bicyclic) bond motifs is 2. The lowest BCUT2D eigenvalue weighted by Gasteiger charge is -2.25. The molecule has 1 aliphatic rings. The first-order valence-corrected chi connectivity index (χ1v) is 14.8. The lowest BCUT2D eigenvalue weighted by atomic mass is 10.0. The van der Waals surface area contributed by atoms with Crippen LogP contribution >= 0.6 is 11.3 Å². The zero-order valence-electron chi connectivity index (χ0n) is 23.1. The predicted molar refractivity (Wildman–Crippen MR) is 171 cm³/mol. The minimum Gasteiger partial charge on any atom is -0.383 e. The van der Waals surface area contributed by atoms with E-state index in [9.17, 15) is 4.79 Å². The number of carbonyl (C=O) groups is 1. The first-order valence-electron chi connectivity index (χ1n) is 14.0. The summed E-state index contributed by atoms with van der Waals surface area (Å²) in [4.78, 5) is 21.0. The zero-order valence-corrected chi connectivity index (χ0v) is 23.9. The number of nitrogens with zero attached hydrogens (tertiary/aromatic N) is 3. The monoisotopic (exact) mass is 559 g/mol. The Kier molecular flexibility index (Phi) is 7.80. The summed E-state index contributed by atoms with van der Waals surface area (Å²) in [6.45, 7) is 4.19. The van der Waals surface area contributed by atoms with Crippen LogP contribution in [0.4, 0.5) is 17.1 Å². The van der Waals surface area contributed by atoms with Gasteiger partial charge in [0.1, 0.15) is 5.84 Å². The standard InChI is InChI=1S/C34H33N5OS/c1-2-33(40)39(36-22-24-8-5-12-28(20-24)37-34(35)32-14-7-19-41-32)29-15-16-31-26(21-29)17-18-38(31)23-27-11-6-10-25-9-3-4-13-30(25)27/h3-16,19-21,36H,2,17-18,22-23H2,1H3,(H2,35,37). The van der Waals surface area contributed by atoms with Crippen molar-refractivity contribution in [2.75, 3.05) is 16.5 Å². The number of hydrazine groups is 1. The molecular formula is C34H33N5OS. The largest absolute Gasteiger partial charge is 0.383 e. The van der Waals surface area contributed by atoms with Crippen molar-refractivity contribution in [2.45, 2.75) is 32.9 Å². The van der Waals surface area contributed by atoms with Crippen molar-refractivity contribution in [3.63, 3.8) is 0 Å². The van der Waals surface area contributed by atoms with Crippen LogP contribution in [0.3, 0.4) is 0 Å². The normalized spacial score (nSPS) is 13.0. The van der Waals surface area contributed by atoms with Gasteiger partial charge in [0, 0.05) is 31.7 Å². The Bertz CT molecular complexity index is 1710. The maximum Gasteiger partial charge on any atom is 0.241 e. The molecule has 0 fully saturated rings. The van der Waals surface area contributed by atoms with Crippen LogP contribution in [0.25, 0.3) is 10.8 Å². The third kappa shape index (κ3) is 5.87. The van der Waals surface area contributed by atoms with E-state index in [2.05, 4.69) is 69.9 Å². The molecular weight excluding hydrogens is 526 g/mol. The molecule has 6 nitrogen and oxygen atoms in total. The van der Waals surface area contributed by atoms with Gasteiger partial charge in [0.05, 0.1) is 16.3 Å². The number of benzene rings is 4. The van der Waals surface area contributed by atoms with Gasteiger partial charge < -0.3 is 10.6 Å². The average molecular weight is 560 g/mol. The fourth-order valence-corrected chi connectivity index (χ4v) is 6.03. The fraction of sp³-hybridized carbons (Fsp3) is 0.176. The van der Waals surface area contributed by atoms with Crippen molar-refractivity contribution in [3.8, 4) is 0 Å². The van der Waals surface area contributed by atoms with Crippen LogP contribution in [-0.2, 0) is 24.3 Å². The molecule has 41 heavy (non-hydrogen) atoms. The molecule has 5 aromatic rings. The van der Waals surface area contributed by atoms with E-state index < -0.39 is 0 Å². The second-order valence-electron chi connectivity index (χ2n) is 10.2. The molecule has 206 valence electrons. The van der Waals surface area contributed by atoms with Gasteiger partial charge in [-0.25, -0.2) is 15.4 Å². The molecule has 2 heterocycles. The Morgan fingerprint density at radius 2 is 1.85 bits per heavy atom.